The number of amides is 1. The van der Waals surface area contributed by atoms with E-state index >= 15 is 0 Å². The molecule has 1 heterocycles. The zero-order chi connectivity index (χ0) is 27.2. The summed E-state index contributed by atoms with van der Waals surface area (Å²) < 4.78 is 27.6. The fourth-order valence-electron chi connectivity index (χ4n) is 4.24. The van der Waals surface area contributed by atoms with Crippen LogP contribution in [0, 0.1) is 11.6 Å². The van der Waals surface area contributed by atoms with Crippen LogP contribution in [0.15, 0.2) is 65.5 Å². The fourth-order valence-corrected chi connectivity index (χ4v) is 4.46. The van der Waals surface area contributed by atoms with Crippen molar-refractivity contribution in [3.05, 3.63) is 110 Å². The predicted molar refractivity (Wildman–Crippen MR) is 142 cm³/mol. The molecule has 0 saturated carbocycles. The number of aryl methyl sites for hydroxylation is 1. The minimum atomic E-state index is -1.16. The fraction of sp³-hybridized carbons (Fsp3) is 0.250. The first-order chi connectivity index (χ1) is 18.2. The molecule has 0 bridgehead atoms. The van der Waals surface area contributed by atoms with Gasteiger partial charge >= 0.3 is 0 Å². The highest BCUT2D eigenvalue weighted by Gasteiger charge is 2.25. The first kappa shape index (κ1) is 27.4. The van der Waals surface area contributed by atoms with Crippen LogP contribution in [0.4, 0.5) is 8.78 Å². The molecule has 0 spiro atoms. The number of carbonyl (C=O) groups excluding carboxylic acids is 1. The number of halogens is 3. The number of H-pyrrole nitrogens is 1. The molecule has 0 saturated heterocycles. The topological polar surface area (TPSA) is 107 Å². The summed E-state index contributed by atoms with van der Waals surface area (Å²) in [7, 11) is 0. The van der Waals surface area contributed by atoms with Crippen molar-refractivity contribution in [3.8, 4) is 0 Å². The van der Waals surface area contributed by atoms with Gasteiger partial charge < -0.3 is 15.7 Å². The number of para-hydroxylation sites is 1. The maximum atomic E-state index is 13.8. The van der Waals surface area contributed by atoms with Crippen LogP contribution in [0.2, 0.25) is 5.02 Å². The Balaban J connectivity index is 1.54. The van der Waals surface area contributed by atoms with Crippen LogP contribution >= 0.6 is 11.6 Å². The van der Waals surface area contributed by atoms with Crippen molar-refractivity contribution in [2.24, 2.45) is 0 Å². The molecular weight excluding hydrogens is 514 g/mol. The van der Waals surface area contributed by atoms with Gasteiger partial charge in [-0.3, -0.25) is 14.7 Å². The van der Waals surface area contributed by atoms with Crippen LogP contribution < -0.4 is 16.1 Å². The number of nitrogens with zero attached hydrogens (tertiary/aromatic N) is 1. The quantitative estimate of drug-likeness (QED) is 0.244. The molecule has 10 heteroatoms. The van der Waals surface area contributed by atoms with Gasteiger partial charge in [-0.2, -0.15) is 5.10 Å². The molecule has 4 rings (SSSR count). The van der Waals surface area contributed by atoms with Gasteiger partial charge in [-0.25, -0.2) is 8.78 Å². The van der Waals surface area contributed by atoms with E-state index in [9.17, 15) is 23.5 Å². The van der Waals surface area contributed by atoms with Crippen molar-refractivity contribution in [3.63, 3.8) is 0 Å². The van der Waals surface area contributed by atoms with Gasteiger partial charge in [-0.05, 0) is 53.8 Å². The van der Waals surface area contributed by atoms with Crippen LogP contribution in [-0.2, 0) is 19.4 Å². The minimum absolute atomic E-state index is 0.0657. The Kier molecular flexibility index (Phi) is 8.83. The minimum Gasteiger partial charge on any atom is -0.390 e. The molecule has 4 N–H and O–H groups in total. The summed E-state index contributed by atoms with van der Waals surface area (Å²) in [6.07, 6.45) is -0.358. The highest BCUT2D eigenvalue weighted by molar-refractivity contribution is 6.35. The Morgan fingerprint density at radius 1 is 1.05 bits per heavy atom. The zero-order valence-corrected chi connectivity index (χ0v) is 21.4. The second kappa shape index (κ2) is 12.3. The Bertz CT molecular complexity index is 1490. The second-order valence-electron chi connectivity index (χ2n) is 9.00. The van der Waals surface area contributed by atoms with Gasteiger partial charge in [-0.1, -0.05) is 48.9 Å². The number of rotatable bonds is 10. The molecule has 1 amide bonds. The number of benzene rings is 3. The number of aliphatic hydroxyl groups is 1. The molecule has 198 valence electrons. The Labute approximate surface area is 222 Å². The molecule has 3 aromatic carbocycles. The molecule has 0 radical (unpaired) electrons. The summed E-state index contributed by atoms with van der Waals surface area (Å²) in [5.74, 6) is -2.40. The third-order valence-corrected chi connectivity index (χ3v) is 6.52. The lowest BCUT2D eigenvalue weighted by atomic mass is 10.00. The molecule has 2 unspecified atom stereocenters. The molecule has 7 nitrogen and oxygen atoms in total. The van der Waals surface area contributed by atoms with E-state index in [0.29, 0.717) is 12.1 Å². The molecule has 4 aromatic rings. The normalized spacial score (nSPS) is 12.9. The first-order valence-electron chi connectivity index (χ1n) is 12.1. The standard InChI is InChI=1S/C28H27ClF2N4O3/c1-2-16-5-3-6-17(9-16)14-32-15-24(36)23(12-18-10-19(30)13-20(31)11-18)33-28(38)26-27(37)21-7-4-8-22(29)25(21)34-35-26/h3-11,13,23-24,32,36H,2,12,14-15H2,1H3,(H,33,38)(H,34,37). The maximum Gasteiger partial charge on any atom is 0.276 e. The molecule has 2 atom stereocenters. The third-order valence-electron chi connectivity index (χ3n) is 6.21. The summed E-state index contributed by atoms with van der Waals surface area (Å²) >= 11 is 6.10. The molecule has 0 aliphatic rings. The van der Waals surface area contributed by atoms with E-state index in [-0.39, 0.29) is 28.9 Å². The van der Waals surface area contributed by atoms with Gasteiger partial charge in [0.15, 0.2) is 5.69 Å². The van der Waals surface area contributed by atoms with E-state index in [1.165, 1.54) is 11.6 Å². The van der Waals surface area contributed by atoms with Gasteiger partial charge in [0.25, 0.3) is 5.91 Å². The summed E-state index contributed by atoms with van der Waals surface area (Å²) in [6, 6.07) is 14.7. The van der Waals surface area contributed by atoms with Crippen molar-refractivity contribution in [1.29, 1.82) is 0 Å². The number of aromatic amines is 1. The van der Waals surface area contributed by atoms with E-state index in [1.54, 1.807) is 12.1 Å². The maximum absolute atomic E-state index is 13.8. The van der Waals surface area contributed by atoms with E-state index in [0.717, 1.165) is 30.2 Å². The molecule has 0 aliphatic heterocycles. The number of aromatic nitrogens is 2. The summed E-state index contributed by atoms with van der Waals surface area (Å²) in [6.45, 7) is 2.59. The smallest absolute Gasteiger partial charge is 0.276 e. The summed E-state index contributed by atoms with van der Waals surface area (Å²) in [5.41, 5.74) is 1.66. The number of hydrogen-bond donors (Lipinski definition) is 4. The number of carbonyl (C=O) groups is 1. The zero-order valence-electron chi connectivity index (χ0n) is 20.6. The number of aliphatic hydroxyl groups excluding tert-OH is 1. The average molecular weight is 541 g/mol. The van der Waals surface area contributed by atoms with Gasteiger partial charge in [0, 0.05) is 19.2 Å². The van der Waals surface area contributed by atoms with Crippen molar-refractivity contribution in [1.82, 2.24) is 20.8 Å². The molecule has 0 fully saturated rings. The van der Waals surface area contributed by atoms with Crippen molar-refractivity contribution in [2.45, 2.75) is 38.5 Å². The molecule has 1 aromatic heterocycles. The number of fused-ring (bicyclic) bond motifs is 1. The Morgan fingerprint density at radius 3 is 2.50 bits per heavy atom. The average Bonchev–Trinajstić information content (AvgIpc) is 2.88. The highest BCUT2D eigenvalue weighted by atomic mass is 35.5. The number of nitrogens with one attached hydrogen (secondary N) is 3. The van der Waals surface area contributed by atoms with Crippen LogP contribution in [0.25, 0.3) is 10.9 Å². The van der Waals surface area contributed by atoms with Crippen LogP contribution in [-0.4, -0.2) is 39.9 Å². The van der Waals surface area contributed by atoms with Crippen molar-refractivity contribution < 1.29 is 18.7 Å². The Morgan fingerprint density at radius 2 is 1.76 bits per heavy atom. The number of hydrogen-bond acceptors (Lipinski definition) is 5. The monoisotopic (exact) mass is 540 g/mol. The van der Waals surface area contributed by atoms with Gasteiger partial charge in [0.2, 0.25) is 5.43 Å². The molecule has 0 aliphatic carbocycles. The van der Waals surface area contributed by atoms with E-state index < -0.39 is 40.8 Å². The van der Waals surface area contributed by atoms with E-state index in [2.05, 4.69) is 33.8 Å². The SMILES string of the molecule is CCc1cccc(CNCC(O)C(Cc2cc(F)cc(F)c2)NC(=O)c2n[nH]c3c(Cl)cccc3c2=O)c1. The third kappa shape index (κ3) is 6.61. The lowest BCUT2D eigenvalue weighted by molar-refractivity contribution is 0.0823. The van der Waals surface area contributed by atoms with Crippen molar-refractivity contribution >= 4 is 28.4 Å². The van der Waals surface area contributed by atoms with Gasteiger partial charge in [0.1, 0.15) is 11.6 Å². The first-order valence-corrected chi connectivity index (χ1v) is 12.5. The second-order valence-corrected chi connectivity index (χ2v) is 9.40. The molecular formula is C28H27ClF2N4O3. The van der Waals surface area contributed by atoms with Gasteiger partial charge in [-0.15, -0.1) is 0 Å². The summed E-state index contributed by atoms with van der Waals surface area (Å²) in [5, 5.41) is 23.7. The van der Waals surface area contributed by atoms with E-state index in [1.807, 2.05) is 18.2 Å². The summed E-state index contributed by atoms with van der Waals surface area (Å²) in [4.78, 5) is 26.0. The lowest BCUT2D eigenvalue weighted by Crippen LogP contribution is -2.49. The van der Waals surface area contributed by atoms with E-state index in [4.69, 9.17) is 11.6 Å². The van der Waals surface area contributed by atoms with Crippen LogP contribution in [0.3, 0.4) is 0 Å². The van der Waals surface area contributed by atoms with Crippen LogP contribution in [0.5, 0.6) is 0 Å². The highest BCUT2D eigenvalue weighted by Crippen LogP contribution is 2.18. The van der Waals surface area contributed by atoms with Gasteiger partial charge in [0.05, 0.1) is 28.1 Å². The Hall–Kier alpha value is -3.66. The van der Waals surface area contributed by atoms with Crippen LogP contribution in [0.1, 0.15) is 34.1 Å². The van der Waals surface area contributed by atoms with Crippen molar-refractivity contribution in [2.75, 3.05) is 6.54 Å². The predicted octanol–water partition coefficient (Wildman–Crippen LogP) is 3.91. The molecule has 38 heavy (non-hydrogen) atoms. The lowest BCUT2D eigenvalue weighted by Gasteiger charge is -2.25. The largest absolute Gasteiger partial charge is 0.390 e.